The van der Waals surface area contributed by atoms with Gasteiger partial charge in [0.2, 0.25) is 0 Å². The molecule has 0 bridgehead atoms. The Kier molecular flexibility index (Phi) is 5.11. The average Bonchev–Trinajstić information content (AvgIpc) is 2.36. The number of rotatable bonds is 6. The molecule has 4 heteroatoms. The van der Waals surface area contributed by atoms with Crippen LogP contribution in [0.15, 0.2) is 18.2 Å². The van der Waals surface area contributed by atoms with Crippen molar-refractivity contribution in [2.45, 2.75) is 39.0 Å². The van der Waals surface area contributed by atoms with Gasteiger partial charge in [-0.1, -0.05) is 6.07 Å². The minimum absolute atomic E-state index is 0.160. The van der Waals surface area contributed by atoms with Crippen LogP contribution in [0, 0.1) is 5.82 Å². The van der Waals surface area contributed by atoms with Crippen LogP contribution in [-0.2, 0) is 11.3 Å². The molecule has 102 valence electrons. The van der Waals surface area contributed by atoms with Gasteiger partial charge < -0.3 is 14.8 Å². The summed E-state index contributed by atoms with van der Waals surface area (Å²) >= 11 is 0. The zero-order chi connectivity index (χ0) is 13.8. The molecule has 3 nitrogen and oxygen atoms in total. The summed E-state index contributed by atoms with van der Waals surface area (Å²) in [4.78, 5) is 0. The zero-order valence-corrected chi connectivity index (χ0v) is 11.7. The van der Waals surface area contributed by atoms with Gasteiger partial charge in [0.1, 0.15) is 0 Å². The molecule has 1 N–H and O–H groups in total. The molecule has 0 amide bonds. The molecule has 0 saturated carbocycles. The molecule has 0 spiro atoms. The van der Waals surface area contributed by atoms with E-state index in [-0.39, 0.29) is 23.2 Å². The van der Waals surface area contributed by atoms with Crippen molar-refractivity contribution >= 4 is 0 Å². The van der Waals surface area contributed by atoms with Crippen molar-refractivity contribution in [3.63, 3.8) is 0 Å². The number of methoxy groups -OCH3 is 2. The third-order valence-electron chi connectivity index (χ3n) is 3.40. The average molecular weight is 255 g/mol. The van der Waals surface area contributed by atoms with Crippen LogP contribution in [0.2, 0.25) is 0 Å². The Bertz CT molecular complexity index is 393. The van der Waals surface area contributed by atoms with Crippen molar-refractivity contribution in [3.8, 4) is 5.75 Å². The normalized spacial score (nSPS) is 13.4. The molecule has 1 aromatic carbocycles. The quantitative estimate of drug-likeness (QED) is 0.848. The summed E-state index contributed by atoms with van der Waals surface area (Å²) in [5, 5.41) is 3.32. The molecule has 0 aliphatic carbocycles. The first-order valence-corrected chi connectivity index (χ1v) is 6.01. The Hall–Kier alpha value is -1.13. The number of halogens is 1. The van der Waals surface area contributed by atoms with Crippen LogP contribution in [0.5, 0.6) is 5.75 Å². The first kappa shape index (κ1) is 14.9. The first-order valence-electron chi connectivity index (χ1n) is 6.01. The second-order valence-electron chi connectivity index (χ2n) is 4.88. The maximum Gasteiger partial charge on any atom is 0.165 e. The summed E-state index contributed by atoms with van der Waals surface area (Å²) < 4.78 is 23.8. The lowest BCUT2D eigenvalue weighted by Crippen LogP contribution is -2.45. The van der Waals surface area contributed by atoms with Gasteiger partial charge in [-0.25, -0.2) is 4.39 Å². The van der Waals surface area contributed by atoms with Gasteiger partial charge in [0.15, 0.2) is 11.6 Å². The van der Waals surface area contributed by atoms with E-state index in [1.165, 1.54) is 13.2 Å². The number of benzene rings is 1. The van der Waals surface area contributed by atoms with Gasteiger partial charge in [-0.2, -0.15) is 0 Å². The fraction of sp³-hybridized carbons (Fsp3) is 0.571. The molecule has 1 atom stereocenters. The van der Waals surface area contributed by atoms with Crippen molar-refractivity contribution in [1.82, 2.24) is 5.32 Å². The maximum atomic E-state index is 13.5. The molecule has 0 heterocycles. The highest BCUT2D eigenvalue weighted by Crippen LogP contribution is 2.18. The lowest BCUT2D eigenvalue weighted by atomic mass is 10.00. The van der Waals surface area contributed by atoms with Crippen molar-refractivity contribution in [1.29, 1.82) is 0 Å². The molecule has 0 fully saturated rings. The number of hydrogen-bond donors (Lipinski definition) is 1. The van der Waals surface area contributed by atoms with Crippen LogP contribution < -0.4 is 10.1 Å². The third kappa shape index (κ3) is 3.68. The smallest absolute Gasteiger partial charge is 0.165 e. The van der Waals surface area contributed by atoms with E-state index in [0.717, 1.165) is 5.56 Å². The number of nitrogens with one attached hydrogen (secondary N) is 1. The van der Waals surface area contributed by atoms with Crippen molar-refractivity contribution < 1.29 is 13.9 Å². The Balaban J connectivity index is 2.61. The van der Waals surface area contributed by atoms with E-state index < -0.39 is 0 Å². The predicted octanol–water partition coefficient (Wildman–Crippen LogP) is 2.74. The fourth-order valence-corrected chi connectivity index (χ4v) is 1.51. The maximum absolute atomic E-state index is 13.5. The fourth-order valence-electron chi connectivity index (χ4n) is 1.51. The van der Waals surface area contributed by atoms with E-state index in [1.807, 2.05) is 26.8 Å². The summed E-state index contributed by atoms with van der Waals surface area (Å²) in [5.41, 5.74) is 0.623. The van der Waals surface area contributed by atoms with Crippen molar-refractivity contribution in [2.24, 2.45) is 0 Å². The number of hydrogen-bond acceptors (Lipinski definition) is 3. The van der Waals surface area contributed by atoms with E-state index in [2.05, 4.69) is 5.32 Å². The largest absolute Gasteiger partial charge is 0.494 e. The van der Waals surface area contributed by atoms with Crippen LogP contribution in [0.25, 0.3) is 0 Å². The summed E-state index contributed by atoms with van der Waals surface area (Å²) in [6.07, 6.45) is 0. The highest BCUT2D eigenvalue weighted by molar-refractivity contribution is 5.29. The SMILES string of the molecule is COc1ccc(CNC(C)C(C)(C)OC)cc1F. The zero-order valence-electron chi connectivity index (χ0n) is 11.7. The summed E-state index contributed by atoms with van der Waals surface area (Å²) in [6, 6.07) is 5.13. The van der Waals surface area contributed by atoms with E-state index >= 15 is 0 Å². The molecular formula is C14H22FNO2. The minimum atomic E-state index is -0.338. The van der Waals surface area contributed by atoms with Gasteiger partial charge in [-0.15, -0.1) is 0 Å². The predicted molar refractivity (Wildman–Crippen MR) is 70.3 cm³/mol. The third-order valence-corrected chi connectivity index (χ3v) is 3.40. The summed E-state index contributed by atoms with van der Waals surface area (Å²) in [7, 11) is 3.14. The van der Waals surface area contributed by atoms with Gasteiger partial charge in [-0.3, -0.25) is 0 Å². The first-order chi connectivity index (χ1) is 8.40. The Morgan fingerprint density at radius 2 is 2.00 bits per heavy atom. The molecule has 0 aromatic heterocycles. The Labute approximate surface area is 108 Å². The molecule has 1 aromatic rings. The van der Waals surface area contributed by atoms with Crippen molar-refractivity contribution in [3.05, 3.63) is 29.6 Å². The molecule has 0 radical (unpaired) electrons. The topological polar surface area (TPSA) is 30.5 Å². The van der Waals surface area contributed by atoms with Crippen LogP contribution >= 0.6 is 0 Å². The summed E-state index contributed by atoms with van der Waals surface area (Å²) in [6.45, 7) is 6.66. The van der Waals surface area contributed by atoms with Gasteiger partial charge in [0.25, 0.3) is 0 Å². The molecule has 0 saturated heterocycles. The summed E-state index contributed by atoms with van der Waals surface area (Å²) in [5.74, 6) is -0.0699. The highest BCUT2D eigenvalue weighted by atomic mass is 19.1. The molecular weight excluding hydrogens is 233 g/mol. The molecule has 0 aliphatic rings. The van der Waals surface area contributed by atoms with Gasteiger partial charge in [0.05, 0.1) is 12.7 Å². The second-order valence-corrected chi connectivity index (χ2v) is 4.88. The lowest BCUT2D eigenvalue weighted by Gasteiger charge is -2.31. The molecule has 1 rings (SSSR count). The molecule has 1 unspecified atom stereocenters. The van der Waals surface area contributed by atoms with Gasteiger partial charge in [-0.05, 0) is 38.5 Å². The molecule has 0 aliphatic heterocycles. The minimum Gasteiger partial charge on any atom is -0.494 e. The monoisotopic (exact) mass is 255 g/mol. The van der Waals surface area contributed by atoms with E-state index in [0.29, 0.717) is 6.54 Å². The highest BCUT2D eigenvalue weighted by Gasteiger charge is 2.24. The Morgan fingerprint density at radius 1 is 1.33 bits per heavy atom. The van der Waals surface area contributed by atoms with Crippen LogP contribution in [0.1, 0.15) is 26.3 Å². The van der Waals surface area contributed by atoms with Gasteiger partial charge >= 0.3 is 0 Å². The number of ether oxygens (including phenoxy) is 2. The van der Waals surface area contributed by atoms with E-state index in [9.17, 15) is 4.39 Å². The van der Waals surface area contributed by atoms with Crippen LogP contribution in [0.3, 0.4) is 0 Å². The van der Waals surface area contributed by atoms with E-state index in [4.69, 9.17) is 9.47 Å². The standard InChI is InChI=1S/C14H22FNO2/c1-10(14(2,3)18-5)16-9-11-6-7-13(17-4)12(15)8-11/h6-8,10,16H,9H2,1-5H3. The van der Waals surface area contributed by atoms with Crippen molar-refractivity contribution in [2.75, 3.05) is 14.2 Å². The molecule has 18 heavy (non-hydrogen) atoms. The van der Waals surface area contributed by atoms with Crippen LogP contribution in [0.4, 0.5) is 4.39 Å². The Morgan fingerprint density at radius 3 is 2.50 bits per heavy atom. The van der Waals surface area contributed by atoms with E-state index in [1.54, 1.807) is 13.2 Å². The lowest BCUT2D eigenvalue weighted by molar-refractivity contribution is -0.00544. The van der Waals surface area contributed by atoms with Gasteiger partial charge in [0, 0.05) is 19.7 Å². The second kappa shape index (κ2) is 6.16. The van der Waals surface area contributed by atoms with Crippen LogP contribution in [-0.4, -0.2) is 25.9 Å².